The maximum absolute atomic E-state index is 12.1. The van der Waals surface area contributed by atoms with Gasteiger partial charge in [-0.1, -0.05) is 18.9 Å². The van der Waals surface area contributed by atoms with Gasteiger partial charge in [-0.15, -0.1) is 0 Å². The standard InChI is InChI=1S/C16H23NO3/c1-11(17-16(18)12-6-4-5-7-12)13-8-9-14(19-2)15(10-13)20-3/h8-12H,4-7H2,1-3H3,(H,17,18)/t11-/m0/s1. The molecule has 0 aromatic heterocycles. The lowest BCUT2D eigenvalue weighted by Gasteiger charge is -2.18. The van der Waals surface area contributed by atoms with E-state index in [0.29, 0.717) is 11.5 Å². The van der Waals surface area contributed by atoms with Crippen LogP contribution in [-0.2, 0) is 4.79 Å². The Balaban J connectivity index is 2.04. The topological polar surface area (TPSA) is 47.6 Å². The predicted molar refractivity (Wildman–Crippen MR) is 78.1 cm³/mol. The second kappa shape index (κ2) is 6.64. The van der Waals surface area contributed by atoms with Crippen LogP contribution in [0.25, 0.3) is 0 Å². The minimum Gasteiger partial charge on any atom is -0.493 e. The molecule has 1 saturated carbocycles. The van der Waals surface area contributed by atoms with Gasteiger partial charge in [-0.25, -0.2) is 0 Å². The van der Waals surface area contributed by atoms with E-state index in [4.69, 9.17) is 9.47 Å². The van der Waals surface area contributed by atoms with Crippen LogP contribution in [0.15, 0.2) is 18.2 Å². The number of benzene rings is 1. The Bertz CT molecular complexity index is 467. The van der Waals surface area contributed by atoms with Crippen molar-refractivity contribution < 1.29 is 14.3 Å². The van der Waals surface area contributed by atoms with E-state index in [1.807, 2.05) is 25.1 Å². The summed E-state index contributed by atoms with van der Waals surface area (Å²) in [6.07, 6.45) is 4.38. The van der Waals surface area contributed by atoms with Gasteiger partial charge in [0.2, 0.25) is 5.91 Å². The van der Waals surface area contributed by atoms with Gasteiger partial charge >= 0.3 is 0 Å². The molecule has 1 amide bonds. The van der Waals surface area contributed by atoms with Gasteiger partial charge in [0.05, 0.1) is 20.3 Å². The molecule has 2 rings (SSSR count). The molecule has 0 saturated heterocycles. The molecule has 0 aliphatic heterocycles. The highest BCUT2D eigenvalue weighted by molar-refractivity contribution is 5.79. The van der Waals surface area contributed by atoms with Gasteiger partial charge in [0.25, 0.3) is 0 Å². The fraction of sp³-hybridized carbons (Fsp3) is 0.562. The van der Waals surface area contributed by atoms with Gasteiger partial charge in [0.15, 0.2) is 11.5 Å². The van der Waals surface area contributed by atoms with Crippen LogP contribution in [0.2, 0.25) is 0 Å². The first-order valence-electron chi connectivity index (χ1n) is 7.18. The van der Waals surface area contributed by atoms with Crippen molar-refractivity contribution in [1.29, 1.82) is 0 Å². The zero-order chi connectivity index (χ0) is 14.5. The van der Waals surface area contributed by atoms with E-state index in [9.17, 15) is 4.79 Å². The lowest BCUT2D eigenvalue weighted by molar-refractivity contribution is -0.125. The number of amides is 1. The average molecular weight is 277 g/mol. The fourth-order valence-electron chi connectivity index (χ4n) is 2.72. The van der Waals surface area contributed by atoms with E-state index >= 15 is 0 Å². The molecule has 1 aromatic carbocycles. The first-order valence-corrected chi connectivity index (χ1v) is 7.18. The molecule has 1 fully saturated rings. The first-order chi connectivity index (χ1) is 9.65. The Morgan fingerprint density at radius 3 is 2.45 bits per heavy atom. The van der Waals surface area contributed by atoms with Crippen molar-refractivity contribution in [2.45, 2.75) is 38.6 Å². The Kier molecular flexibility index (Phi) is 4.88. The number of carbonyl (C=O) groups excluding carboxylic acids is 1. The largest absolute Gasteiger partial charge is 0.493 e. The number of methoxy groups -OCH3 is 2. The molecule has 1 aliphatic carbocycles. The van der Waals surface area contributed by atoms with Crippen LogP contribution in [-0.4, -0.2) is 20.1 Å². The Hall–Kier alpha value is -1.71. The summed E-state index contributed by atoms with van der Waals surface area (Å²) in [5, 5.41) is 3.09. The van der Waals surface area contributed by atoms with Crippen LogP contribution in [0.1, 0.15) is 44.2 Å². The zero-order valence-electron chi connectivity index (χ0n) is 12.4. The summed E-state index contributed by atoms with van der Waals surface area (Å²) >= 11 is 0. The molecule has 1 atom stereocenters. The minimum absolute atomic E-state index is 0.0251. The summed E-state index contributed by atoms with van der Waals surface area (Å²) in [6, 6.07) is 5.72. The van der Waals surface area contributed by atoms with Crippen LogP contribution >= 0.6 is 0 Å². The third-order valence-corrected chi connectivity index (χ3v) is 3.99. The second-order valence-corrected chi connectivity index (χ2v) is 5.33. The zero-order valence-corrected chi connectivity index (χ0v) is 12.4. The number of hydrogen-bond donors (Lipinski definition) is 1. The minimum atomic E-state index is -0.0251. The van der Waals surface area contributed by atoms with Crippen molar-refractivity contribution in [1.82, 2.24) is 5.32 Å². The van der Waals surface area contributed by atoms with Gasteiger partial charge in [-0.2, -0.15) is 0 Å². The monoisotopic (exact) mass is 277 g/mol. The molecule has 1 aliphatic rings. The molecular formula is C16H23NO3. The maximum atomic E-state index is 12.1. The summed E-state index contributed by atoms with van der Waals surface area (Å²) in [5.74, 6) is 1.75. The van der Waals surface area contributed by atoms with Crippen LogP contribution in [0.3, 0.4) is 0 Å². The van der Waals surface area contributed by atoms with Crippen molar-refractivity contribution in [2.24, 2.45) is 5.92 Å². The summed E-state index contributed by atoms with van der Waals surface area (Å²) in [5.41, 5.74) is 1.02. The summed E-state index contributed by atoms with van der Waals surface area (Å²) in [4.78, 5) is 12.1. The average Bonchev–Trinajstić information content (AvgIpc) is 3.00. The molecule has 0 unspecified atom stereocenters. The number of carbonyl (C=O) groups is 1. The summed E-state index contributed by atoms with van der Waals surface area (Å²) < 4.78 is 10.5. The smallest absolute Gasteiger partial charge is 0.223 e. The Morgan fingerprint density at radius 2 is 1.85 bits per heavy atom. The van der Waals surface area contributed by atoms with Crippen molar-refractivity contribution in [3.8, 4) is 11.5 Å². The van der Waals surface area contributed by atoms with Crippen molar-refractivity contribution in [3.63, 3.8) is 0 Å². The highest BCUT2D eigenvalue weighted by Gasteiger charge is 2.24. The molecule has 0 heterocycles. The van der Waals surface area contributed by atoms with Crippen LogP contribution in [0.5, 0.6) is 11.5 Å². The molecule has 1 N–H and O–H groups in total. The normalized spacial score (nSPS) is 16.8. The molecule has 0 bridgehead atoms. The van der Waals surface area contributed by atoms with E-state index in [1.165, 1.54) is 12.8 Å². The van der Waals surface area contributed by atoms with Gasteiger partial charge < -0.3 is 14.8 Å². The van der Waals surface area contributed by atoms with Gasteiger partial charge in [-0.3, -0.25) is 4.79 Å². The Labute approximate surface area is 120 Å². The second-order valence-electron chi connectivity index (χ2n) is 5.33. The van der Waals surface area contributed by atoms with E-state index in [0.717, 1.165) is 18.4 Å². The molecule has 110 valence electrons. The molecular weight excluding hydrogens is 254 g/mol. The molecule has 0 spiro atoms. The first kappa shape index (κ1) is 14.7. The van der Waals surface area contributed by atoms with E-state index in [1.54, 1.807) is 14.2 Å². The van der Waals surface area contributed by atoms with E-state index in [2.05, 4.69) is 5.32 Å². The fourth-order valence-corrected chi connectivity index (χ4v) is 2.72. The van der Waals surface area contributed by atoms with E-state index < -0.39 is 0 Å². The Morgan fingerprint density at radius 1 is 1.20 bits per heavy atom. The SMILES string of the molecule is COc1ccc([C@H](C)NC(=O)C2CCCC2)cc1OC. The molecule has 0 radical (unpaired) electrons. The van der Waals surface area contributed by atoms with Crippen LogP contribution in [0, 0.1) is 5.92 Å². The third-order valence-electron chi connectivity index (χ3n) is 3.99. The van der Waals surface area contributed by atoms with Gasteiger partial charge in [-0.05, 0) is 37.5 Å². The predicted octanol–water partition coefficient (Wildman–Crippen LogP) is 3.07. The lowest BCUT2D eigenvalue weighted by Crippen LogP contribution is -2.31. The summed E-state index contributed by atoms with van der Waals surface area (Å²) in [7, 11) is 3.23. The number of rotatable bonds is 5. The lowest BCUT2D eigenvalue weighted by atomic mass is 10.0. The van der Waals surface area contributed by atoms with Gasteiger partial charge in [0, 0.05) is 5.92 Å². The molecule has 4 nitrogen and oxygen atoms in total. The quantitative estimate of drug-likeness (QED) is 0.899. The number of ether oxygens (including phenoxy) is 2. The van der Waals surface area contributed by atoms with Crippen molar-refractivity contribution >= 4 is 5.91 Å². The van der Waals surface area contributed by atoms with Gasteiger partial charge in [0.1, 0.15) is 0 Å². The number of hydrogen-bond acceptors (Lipinski definition) is 3. The molecule has 4 heteroatoms. The summed E-state index contributed by atoms with van der Waals surface area (Å²) in [6.45, 7) is 1.99. The maximum Gasteiger partial charge on any atom is 0.223 e. The molecule has 1 aromatic rings. The van der Waals surface area contributed by atoms with Crippen molar-refractivity contribution in [2.75, 3.05) is 14.2 Å². The third kappa shape index (κ3) is 3.24. The van der Waals surface area contributed by atoms with Crippen LogP contribution in [0.4, 0.5) is 0 Å². The highest BCUT2D eigenvalue weighted by Crippen LogP contribution is 2.30. The highest BCUT2D eigenvalue weighted by atomic mass is 16.5. The van der Waals surface area contributed by atoms with E-state index in [-0.39, 0.29) is 17.9 Å². The van der Waals surface area contributed by atoms with Crippen LogP contribution < -0.4 is 14.8 Å². The number of nitrogens with one attached hydrogen (secondary N) is 1. The molecule has 20 heavy (non-hydrogen) atoms. The van der Waals surface area contributed by atoms with Crippen molar-refractivity contribution in [3.05, 3.63) is 23.8 Å².